The molecule has 0 bridgehead atoms. The van der Waals surface area contributed by atoms with E-state index in [0.717, 1.165) is 31.4 Å². The largest absolute Gasteiger partial charge is 0.494 e. The van der Waals surface area contributed by atoms with Crippen LogP contribution in [0.25, 0.3) is 0 Å². The van der Waals surface area contributed by atoms with Crippen LogP contribution in [0.5, 0.6) is 5.75 Å². The fraction of sp³-hybridized carbons (Fsp3) is 0.481. The highest BCUT2D eigenvalue weighted by molar-refractivity contribution is 7.89. The van der Waals surface area contributed by atoms with Crippen LogP contribution in [0.3, 0.4) is 0 Å². The van der Waals surface area contributed by atoms with Gasteiger partial charge in [-0.1, -0.05) is 46.5 Å². The maximum atomic E-state index is 12.9. The van der Waals surface area contributed by atoms with Gasteiger partial charge in [-0.25, -0.2) is 8.42 Å². The molecule has 0 fully saturated rings. The van der Waals surface area contributed by atoms with Gasteiger partial charge in [-0.15, -0.1) is 0 Å². The van der Waals surface area contributed by atoms with Crippen molar-refractivity contribution in [2.24, 2.45) is 0 Å². The lowest BCUT2D eigenvalue weighted by atomic mass is 10.2. The molecular formula is C27H39N3O4S2. The van der Waals surface area contributed by atoms with Crippen LogP contribution in [0.1, 0.15) is 76.1 Å². The summed E-state index contributed by atoms with van der Waals surface area (Å²) < 4.78 is 33.0. The van der Waals surface area contributed by atoms with E-state index in [1.165, 1.54) is 23.6 Å². The standard InChI is InChI=1S/C27H39N3O4S2/c1-4-7-8-9-10-21-34-24-15-11-22(12-16-24)26(31)29-27(35)28-23-13-17-25(18-14-23)36(32,33)30(19-5-2)20-6-3/h11-18H,4-10,19-21H2,1-3H3,(H2,28,29,31,35). The molecule has 0 aliphatic heterocycles. The van der Waals surface area contributed by atoms with Gasteiger partial charge in [0.05, 0.1) is 11.5 Å². The van der Waals surface area contributed by atoms with Gasteiger partial charge >= 0.3 is 0 Å². The third-order valence-electron chi connectivity index (χ3n) is 5.56. The molecule has 0 atom stereocenters. The number of carbonyl (C=O) groups excluding carboxylic acids is 1. The molecule has 0 saturated heterocycles. The first-order chi connectivity index (χ1) is 17.3. The van der Waals surface area contributed by atoms with Crippen molar-refractivity contribution in [1.29, 1.82) is 0 Å². The van der Waals surface area contributed by atoms with Gasteiger partial charge in [-0.05, 0) is 80.0 Å². The van der Waals surface area contributed by atoms with Crippen molar-refractivity contribution in [3.05, 3.63) is 54.1 Å². The quantitative estimate of drug-likeness (QED) is 0.217. The molecule has 2 N–H and O–H groups in total. The number of hydrogen-bond acceptors (Lipinski definition) is 5. The van der Waals surface area contributed by atoms with E-state index in [1.54, 1.807) is 48.5 Å². The molecule has 2 aromatic rings. The molecule has 2 rings (SSSR count). The second-order valence-electron chi connectivity index (χ2n) is 8.62. The lowest BCUT2D eigenvalue weighted by Gasteiger charge is -2.21. The zero-order valence-corrected chi connectivity index (χ0v) is 23.2. The first kappa shape index (κ1) is 29.7. The molecule has 1 amide bonds. The summed E-state index contributed by atoms with van der Waals surface area (Å²) in [5.41, 5.74) is 1.04. The number of ether oxygens (including phenoxy) is 1. The van der Waals surface area contributed by atoms with Gasteiger partial charge in [0.15, 0.2) is 5.11 Å². The number of sulfonamides is 1. The van der Waals surface area contributed by atoms with E-state index in [0.29, 0.717) is 30.9 Å². The number of thiocarbonyl (C=S) groups is 1. The number of amides is 1. The Hall–Kier alpha value is -2.49. The molecule has 0 saturated carbocycles. The van der Waals surface area contributed by atoms with E-state index >= 15 is 0 Å². The number of unbranched alkanes of at least 4 members (excludes halogenated alkanes) is 4. The molecule has 0 aliphatic rings. The summed E-state index contributed by atoms with van der Waals surface area (Å²) >= 11 is 5.26. The van der Waals surface area contributed by atoms with E-state index in [2.05, 4.69) is 17.6 Å². The number of benzene rings is 2. The Balaban J connectivity index is 1.87. The van der Waals surface area contributed by atoms with Crippen molar-refractivity contribution in [1.82, 2.24) is 9.62 Å². The van der Waals surface area contributed by atoms with Gasteiger partial charge in [0.2, 0.25) is 10.0 Å². The Bertz CT molecular complexity index is 1050. The van der Waals surface area contributed by atoms with Gasteiger partial charge in [-0.3, -0.25) is 10.1 Å². The highest BCUT2D eigenvalue weighted by atomic mass is 32.2. The Morgan fingerprint density at radius 1 is 0.861 bits per heavy atom. The average Bonchev–Trinajstić information content (AvgIpc) is 2.86. The van der Waals surface area contributed by atoms with Crippen molar-refractivity contribution in [3.8, 4) is 5.75 Å². The van der Waals surface area contributed by atoms with Crippen molar-refractivity contribution < 1.29 is 17.9 Å². The fourth-order valence-corrected chi connectivity index (χ4v) is 5.48. The minimum atomic E-state index is -3.55. The molecule has 2 aromatic carbocycles. The summed E-state index contributed by atoms with van der Waals surface area (Å²) in [5, 5.41) is 5.70. The van der Waals surface area contributed by atoms with Crippen LogP contribution in [0.2, 0.25) is 0 Å². The van der Waals surface area contributed by atoms with E-state index in [9.17, 15) is 13.2 Å². The molecule has 0 aliphatic carbocycles. The van der Waals surface area contributed by atoms with E-state index in [-0.39, 0.29) is 15.9 Å². The third kappa shape index (κ3) is 9.52. The lowest BCUT2D eigenvalue weighted by Crippen LogP contribution is -2.34. The second kappa shape index (κ2) is 15.6. The van der Waals surface area contributed by atoms with Crippen LogP contribution >= 0.6 is 12.2 Å². The normalized spacial score (nSPS) is 11.3. The number of nitrogens with zero attached hydrogens (tertiary/aromatic N) is 1. The highest BCUT2D eigenvalue weighted by Crippen LogP contribution is 2.19. The summed E-state index contributed by atoms with van der Waals surface area (Å²) in [6.45, 7) is 7.74. The van der Waals surface area contributed by atoms with Crippen LogP contribution in [-0.2, 0) is 10.0 Å². The highest BCUT2D eigenvalue weighted by Gasteiger charge is 2.22. The van der Waals surface area contributed by atoms with Gasteiger partial charge in [0.1, 0.15) is 5.75 Å². The predicted molar refractivity (Wildman–Crippen MR) is 150 cm³/mol. The Kier molecular flexibility index (Phi) is 12.9. The van der Waals surface area contributed by atoms with Crippen LogP contribution < -0.4 is 15.4 Å². The molecule has 7 nitrogen and oxygen atoms in total. The van der Waals surface area contributed by atoms with Crippen molar-refractivity contribution in [2.75, 3.05) is 25.0 Å². The smallest absolute Gasteiger partial charge is 0.257 e. The van der Waals surface area contributed by atoms with Gasteiger partial charge in [-0.2, -0.15) is 4.31 Å². The molecule has 198 valence electrons. The third-order valence-corrected chi connectivity index (χ3v) is 7.67. The molecule has 0 heterocycles. The number of rotatable bonds is 15. The van der Waals surface area contributed by atoms with Crippen LogP contribution in [-0.4, -0.2) is 43.4 Å². The minimum Gasteiger partial charge on any atom is -0.494 e. The number of anilines is 1. The lowest BCUT2D eigenvalue weighted by molar-refractivity contribution is 0.0977. The van der Waals surface area contributed by atoms with Gasteiger partial charge in [0, 0.05) is 24.3 Å². The summed E-state index contributed by atoms with van der Waals surface area (Å²) in [6, 6.07) is 13.3. The summed E-state index contributed by atoms with van der Waals surface area (Å²) in [7, 11) is -3.55. The summed E-state index contributed by atoms with van der Waals surface area (Å²) in [6.07, 6.45) is 7.38. The van der Waals surface area contributed by atoms with Gasteiger partial charge < -0.3 is 10.1 Å². The van der Waals surface area contributed by atoms with Crippen molar-refractivity contribution >= 4 is 38.9 Å². The average molecular weight is 534 g/mol. The zero-order valence-electron chi connectivity index (χ0n) is 21.6. The van der Waals surface area contributed by atoms with Crippen LogP contribution in [0.4, 0.5) is 5.69 Å². The van der Waals surface area contributed by atoms with E-state index < -0.39 is 10.0 Å². The molecule has 0 unspecified atom stereocenters. The Morgan fingerprint density at radius 3 is 2.06 bits per heavy atom. The Labute approximate surface area is 221 Å². The molecule has 0 spiro atoms. The zero-order chi connectivity index (χ0) is 26.4. The van der Waals surface area contributed by atoms with E-state index in [1.807, 2.05) is 13.8 Å². The Morgan fingerprint density at radius 2 is 1.47 bits per heavy atom. The minimum absolute atomic E-state index is 0.126. The SMILES string of the molecule is CCCCCCCOc1ccc(C(=O)NC(=S)Nc2ccc(S(=O)(=O)N(CCC)CCC)cc2)cc1. The number of nitrogens with one attached hydrogen (secondary N) is 2. The van der Waals surface area contributed by atoms with Gasteiger partial charge in [0.25, 0.3) is 5.91 Å². The maximum Gasteiger partial charge on any atom is 0.257 e. The summed E-state index contributed by atoms with van der Waals surface area (Å²) in [4.78, 5) is 12.8. The van der Waals surface area contributed by atoms with E-state index in [4.69, 9.17) is 17.0 Å². The first-order valence-corrected chi connectivity index (χ1v) is 14.6. The molecule has 36 heavy (non-hydrogen) atoms. The second-order valence-corrected chi connectivity index (χ2v) is 11.0. The predicted octanol–water partition coefficient (Wildman–Crippen LogP) is 5.97. The molecule has 9 heteroatoms. The van der Waals surface area contributed by atoms with Crippen LogP contribution in [0, 0.1) is 0 Å². The maximum absolute atomic E-state index is 12.9. The monoisotopic (exact) mass is 533 g/mol. The molecule has 0 aromatic heterocycles. The number of carbonyl (C=O) groups is 1. The molecular weight excluding hydrogens is 494 g/mol. The topological polar surface area (TPSA) is 87.7 Å². The van der Waals surface area contributed by atoms with Crippen molar-refractivity contribution in [2.45, 2.75) is 70.6 Å². The van der Waals surface area contributed by atoms with Crippen molar-refractivity contribution in [3.63, 3.8) is 0 Å². The molecule has 0 radical (unpaired) electrons. The fourth-order valence-electron chi connectivity index (χ4n) is 3.65. The van der Waals surface area contributed by atoms with Crippen LogP contribution in [0.15, 0.2) is 53.4 Å². The number of hydrogen-bond donors (Lipinski definition) is 2. The first-order valence-electron chi connectivity index (χ1n) is 12.8. The summed E-state index contributed by atoms with van der Waals surface area (Å²) in [5.74, 6) is 0.391.